The first-order valence-electron chi connectivity index (χ1n) is 6.02. The first kappa shape index (κ1) is 12.4. The van der Waals surface area contributed by atoms with Crippen LogP contribution in [0.1, 0.15) is 25.3 Å². The summed E-state index contributed by atoms with van der Waals surface area (Å²) in [5.41, 5.74) is 2.64. The van der Waals surface area contributed by atoms with Gasteiger partial charge in [-0.25, -0.2) is 4.79 Å². The summed E-state index contributed by atoms with van der Waals surface area (Å²) in [7, 11) is 0. The Morgan fingerprint density at radius 2 is 2.28 bits per heavy atom. The zero-order valence-corrected chi connectivity index (χ0v) is 10.2. The Hall–Kier alpha value is -2.04. The normalized spacial score (nSPS) is 15.5. The smallest absolute Gasteiger partial charge is 0.326 e. The van der Waals surface area contributed by atoms with E-state index in [0.717, 1.165) is 16.9 Å². The van der Waals surface area contributed by atoms with E-state index < -0.39 is 12.0 Å². The third kappa shape index (κ3) is 2.61. The predicted octanol–water partition coefficient (Wildman–Crippen LogP) is 1.85. The minimum absolute atomic E-state index is 0.0279. The molecule has 1 aromatic rings. The van der Waals surface area contributed by atoms with Crippen molar-refractivity contribution in [2.45, 2.75) is 32.2 Å². The molecule has 1 aromatic carbocycles. The van der Waals surface area contributed by atoms with Crippen molar-refractivity contribution in [1.82, 2.24) is 0 Å². The summed E-state index contributed by atoms with van der Waals surface area (Å²) in [6.45, 7) is 1.82. The van der Waals surface area contributed by atoms with Crippen LogP contribution in [0.15, 0.2) is 18.2 Å². The van der Waals surface area contributed by atoms with Crippen LogP contribution in [0.5, 0.6) is 0 Å². The van der Waals surface area contributed by atoms with Crippen LogP contribution in [0.2, 0.25) is 0 Å². The van der Waals surface area contributed by atoms with Gasteiger partial charge in [-0.2, -0.15) is 0 Å². The first-order valence-corrected chi connectivity index (χ1v) is 6.02. The molecule has 5 nitrogen and oxygen atoms in total. The molecule has 1 atom stereocenters. The molecule has 1 aliphatic heterocycles. The maximum absolute atomic E-state index is 11.2. The lowest BCUT2D eigenvalue weighted by Gasteiger charge is -2.19. The van der Waals surface area contributed by atoms with Crippen molar-refractivity contribution in [3.63, 3.8) is 0 Å². The van der Waals surface area contributed by atoms with Crippen molar-refractivity contribution in [3.05, 3.63) is 23.8 Å². The summed E-state index contributed by atoms with van der Waals surface area (Å²) in [6, 6.07) is 4.92. The largest absolute Gasteiger partial charge is 0.480 e. The Morgan fingerprint density at radius 3 is 2.94 bits per heavy atom. The molecule has 0 saturated carbocycles. The summed E-state index contributed by atoms with van der Waals surface area (Å²) in [4.78, 5) is 22.2. The molecule has 2 rings (SSSR count). The number of hydrogen-bond donors (Lipinski definition) is 3. The third-order valence-electron chi connectivity index (χ3n) is 3.05. The molecule has 18 heavy (non-hydrogen) atoms. The van der Waals surface area contributed by atoms with E-state index in [4.69, 9.17) is 5.11 Å². The number of nitrogens with one attached hydrogen (secondary N) is 2. The second-order valence-electron chi connectivity index (χ2n) is 4.36. The topological polar surface area (TPSA) is 78.4 Å². The molecule has 0 fully saturated rings. The van der Waals surface area contributed by atoms with Crippen molar-refractivity contribution in [2.75, 3.05) is 10.6 Å². The van der Waals surface area contributed by atoms with E-state index in [1.165, 1.54) is 0 Å². The molecule has 0 bridgehead atoms. The standard InChI is InChI=1S/C13H16N2O3/c1-2-10(13(17)18)14-9-4-5-11-8(7-9)3-6-12(16)15-11/h4-5,7,10,14H,2-3,6H2,1H3,(H,15,16)(H,17,18). The second-order valence-corrected chi connectivity index (χ2v) is 4.36. The Balaban J connectivity index is 2.16. The number of anilines is 2. The highest BCUT2D eigenvalue weighted by Gasteiger charge is 2.17. The van der Waals surface area contributed by atoms with Crippen molar-refractivity contribution < 1.29 is 14.7 Å². The van der Waals surface area contributed by atoms with E-state index in [2.05, 4.69) is 10.6 Å². The summed E-state index contributed by atoms with van der Waals surface area (Å²) in [6.07, 6.45) is 1.69. The van der Waals surface area contributed by atoms with Gasteiger partial charge in [-0.3, -0.25) is 4.79 Å². The Morgan fingerprint density at radius 1 is 1.50 bits per heavy atom. The van der Waals surface area contributed by atoms with Crippen molar-refractivity contribution >= 4 is 23.3 Å². The Labute approximate surface area is 105 Å². The van der Waals surface area contributed by atoms with Gasteiger partial charge in [0.1, 0.15) is 6.04 Å². The van der Waals surface area contributed by atoms with E-state index in [-0.39, 0.29) is 5.91 Å². The van der Waals surface area contributed by atoms with Crippen LogP contribution in [-0.4, -0.2) is 23.0 Å². The number of hydrogen-bond acceptors (Lipinski definition) is 3. The molecule has 0 radical (unpaired) electrons. The number of carbonyl (C=O) groups is 2. The monoisotopic (exact) mass is 248 g/mol. The van der Waals surface area contributed by atoms with Gasteiger partial charge in [-0.05, 0) is 36.6 Å². The number of carboxylic acids is 1. The van der Waals surface area contributed by atoms with Crippen LogP contribution < -0.4 is 10.6 Å². The number of benzene rings is 1. The zero-order chi connectivity index (χ0) is 13.1. The highest BCUT2D eigenvalue weighted by atomic mass is 16.4. The number of aryl methyl sites for hydroxylation is 1. The quantitative estimate of drug-likeness (QED) is 0.759. The SMILES string of the molecule is CCC(Nc1ccc2c(c1)CCC(=O)N2)C(=O)O. The van der Waals surface area contributed by atoms with E-state index in [1.54, 1.807) is 6.07 Å². The van der Waals surface area contributed by atoms with Gasteiger partial charge in [0.2, 0.25) is 5.91 Å². The maximum Gasteiger partial charge on any atom is 0.326 e. The van der Waals surface area contributed by atoms with Crippen molar-refractivity contribution in [3.8, 4) is 0 Å². The molecule has 96 valence electrons. The number of carbonyl (C=O) groups excluding carboxylic acids is 1. The summed E-state index contributed by atoms with van der Waals surface area (Å²) in [5, 5.41) is 14.8. The van der Waals surface area contributed by atoms with Gasteiger partial charge in [0.15, 0.2) is 0 Å². The van der Waals surface area contributed by atoms with Crippen LogP contribution >= 0.6 is 0 Å². The number of aliphatic carboxylic acids is 1. The minimum atomic E-state index is -0.858. The van der Waals surface area contributed by atoms with Gasteiger partial charge in [0.05, 0.1) is 0 Å². The van der Waals surface area contributed by atoms with Crippen LogP contribution in [-0.2, 0) is 16.0 Å². The molecular formula is C13H16N2O3. The predicted molar refractivity (Wildman–Crippen MR) is 68.7 cm³/mol. The van der Waals surface area contributed by atoms with E-state index in [9.17, 15) is 9.59 Å². The lowest BCUT2D eigenvalue weighted by atomic mass is 10.0. The Kier molecular flexibility index (Phi) is 3.50. The summed E-state index contributed by atoms with van der Waals surface area (Å²) >= 11 is 0. The molecule has 5 heteroatoms. The summed E-state index contributed by atoms with van der Waals surface area (Å²) < 4.78 is 0. The minimum Gasteiger partial charge on any atom is -0.480 e. The lowest BCUT2D eigenvalue weighted by molar-refractivity contribution is -0.138. The molecule has 0 aromatic heterocycles. The lowest BCUT2D eigenvalue weighted by Crippen LogP contribution is -2.28. The van der Waals surface area contributed by atoms with Gasteiger partial charge in [-0.1, -0.05) is 6.92 Å². The average molecular weight is 248 g/mol. The summed E-state index contributed by atoms with van der Waals surface area (Å²) in [5.74, 6) is -0.830. The number of fused-ring (bicyclic) bond motifs is 1. The fourth-order valence-corrected chi connectivity index (χ4v) is 2.01. The average Bonchev–Trinajstić information content (AvgIpc) is 2.35. The highest BCUT2D eigenvalue weighted by Crippen LogP contribution is 2.26. The molecule has 0 saturated heterocycles. The molecule has 1 amide bonds. The van der Waals surface area contributed by atoms with Crippen LogP contribution in [0.3, 0.4) is 0 Å². The Bertz CT molecular complexity index is 485. The molecule has 3 N–H and O–H groups in total. The number of carboxylic acid groups (broad SMARTS) is 1. The van der Waals surface area contributed by atoms with Crippen LogP contribution in [0.25, 0.3) is 0 Å². The van der Waals surface area contributed by atoms with Gasteiger partial charge in [0, 0.05) is 17.8 Å². The zero-order valence-electron chi connectivity index (χ0n) is 10.2. The number of rotatable bonds is 4. The molecule has 1 unspecified atom stereocenters. The van der Waals surface area contributed by atoms with Crippen LogP contribution in [0, 0.1) is 0 Å². The van der Waals surface area contributed by atoms with Gasteiger partial charge >= 0.3 is 5.97 Å². The molecule has 0 spiro atoms. The molecule has 1 aliphatic rings. The van der Waals surface area contributed by atoms with Gasteiger partial charge in [-0.15, -0.1) is 0 Å². The second kappa shape index (κ2) is 5.08. The fourth-order valence-electron chi connectivity index (χ4n) is 2.01. The fraction of sp³-hybridized carbons (Fsp3) is 0.385. The third-order valence-corrected chi connectivity index (χ3v) is 3.05. The van der Waals surface area contributed by atoms with E-state index in [1.807, 2.05) is 19.1 Å². The van der Waals surface area contributed by atoms with Gasteiger partial charge in [0.25, 0.3) is 0 Å². The molecule has 1 heterocycles. The van der Waals surface area contributed by atoms with Gasteiger partial charge < -0.3 is 15.7 Å². The first-order chi connectivity index (χ1) is 8.60. The van der Waals surface area contributed by atoms with E-state index >= 15 is 0 Å². The van der Waals surface area contributed by atoms with Crippen LogP contribution in [0.4, 0.5) is 11.4 Å². The molecule has 0 aliphatic carbocycles. The van der Waals surface area contributed by atoms with E-state index in [0.29, 0.717) is 19.3 Å². The van der Waals surface area contributed by atoms with Crippen molar-refractivity contribution in [2.24, 2.45) is 0 Å². The van der Waals surface area contributed by atoms with Crippen molar-refractivity contribution in [1.29, 1.82) is 0 Å². The number of amides is 1. The maximum atomic E-state index is 11.2. The highest BCUT2D eigenvalue weighted by molar-refractivity contribution is 5.94. The molecular weight excluding hydrogens is 232 g/mol.